The molecule has 1 unspecified atom stereocenters. The van der Waals surface area contributed by atoms with Gasteiger partial charge in [-0.05, 0) is 62.4 Å². The Hall–Kier alpha value is -4.92. The lowest BCUT2D eigenvalue weighted by molar-refractivity contribution is -0.384. The van der Waals surface area contributed by atoms with Crippen LogP contribution in [0.15, 0.2) is 57.9 Å². The van der Waals surface area contributed by atoms with Gasteiger partial charge >= 0.3 is 0 Å². The van der Waals surface area contributed by atoms with Gasteiger partial charge in [-0.1, -0.05) is 12.1 Å². The van der Waals surface area contributed by atoms with E-state index >= 15 is 0 Å². The van der Waals surface area contributed by atoms with E-state index in [0.29, 0.717) is 31.6 Å². The summed E-state index contributed by atoms with van der Waals surface area (Å²) in [6.07, 6.45) is 4.38. The van der Waals surface area contributed by atoms with E-state index in [1.165, 1.54) is 17.0 Å². The maximum Gasteiger partial charge on any atom is 0.269 e. The standard InChI is InChI=1S/C28H31N7O5/c1-19-15-21-16-22(8-11-25(21)40-19)31-28(30-18-29)32-24-5-3-4-13-34(27(24)37)17-26(36)33(2)14-12-20-6-9-23(10-7-20)35(38)39/h6-11,15-16,24H,3-5,12-14,17H2,1-2H3,(H2,30,31,32). The molecule has 1 aliphatic heterocycles. The highest BCUT2D eigenvalue weighted by atomic mass is 16.6. The molecule has 2 amide bonds. The second-order valence-corrected chi connectivity index (χ2v) is 9.71. The van der Waals surface area contributed by atoms with E-state index in [1.807, 2.05) is 31.3 Å². The molecule has 0 spiro atoms. The molecule has 1 saturated heterocycles. The van der Waals surface area contributed by atoms with Crippen LogP contribution in [0.2, 0.25) is 0 Å². The molecule has 12 nitrogen and oxygen atoms in total. The first-order chi connectivity index (χ1) is 19.2. The molecule has 2 N–H and O–H groups in total. The third-order valence-corrected chi connectivity index (χ3v) is 6.75. The van der Waals surface area contributed by atoms with Crippen LogP contribution in [-0.4, -0.2) is 65.2 Å². The number of rotatable bonds is 8. The van der Waals surface area contributed by atoms with Crippen LogP contribution in [0.5, 0.6) is 0 Å². The Morgan fingerprint density at radius 3 is 2.75 bits per heavy atom. The van der Waals surface area contributed by atoms with Gasteiger partial charge in [0.15, 0.2) is 6.19 Å². The summed E-state index contributed by atoms with van der Waals surface area (Å²) in [6, 6.07) is 12.9. The molecular weight excluding hydrogens is 514 g/mol. The van der Waals surface area contributed by atoms with Crippen molar-refractivity contribution in [1.29, 1.82) is 5.26 Å². The number of nitro groups is 1. The van der Waals surface area contributed by atoms with Crippen molar-refractivity contribution in [3.8, 4) is 6.19 Å². The van der Waals surface area contributed by atoms with E-state index in [-0.39, 0.29) is 30.0 Å². The maximum absolute atomic E-state index is 13.4. The summed E-state index contributed by atoms with van der Waals surface area (Å²) >= 11 is 0. The molecule has 1 aromatic heterocycles. The average molecular weight is 546 g/mol. The van der Waals surface area contributed by atoms with E-state index in [1.54, 1.807) is 30.1 Å². The highest BCUT2D eigenvalue weighted by molar-refractivity contribution is 5.98. The zero-order chi connectivity index (χ0) is 28.6. The number of hydrogen-bond acceptors (Lipinski definition) is 7. The average Bonchev–Trinajstić information content (AvgIpc) is 3.22. The van der Waals surface area contributed by atoms with Crippen LogP contribution in [0.3, 0.4) is 0 Å². The normalized spacial score (nSPS) is 15.8. The van der Waals surface area contributed by atoms with E-state index in [4.69, 9.17) is 4.42 Å². The summed E-state index contributed by atoms with van der Waals surface area (Å²) in [5, 5.41) is 26.6. The largest absolute Gasteiger partial charge is 0.461 e. The summed E-state index contributed by atoms with van der Waals surface area (Å²) in [4.78, 5) is 44.3. The number of nitrogens with zero attached hydrogens (tertiary/aromatic N) is 5. The second kappa shape index (κ2) is 12.8. The number of likely N-dealkylation sites (N-methyl/N-ethyl adjacent to an activating group) is 1. The number of aryl methyl sites for hydroxylation is 1. The molecule has 1 atom stereocenters. The van der Waals surface area contributed by atoms with Crippen LogP contribution in [0.4, 0.5) is 11.4 Å². The SMILES string of the molecule is Cc1cc2cc(NC(=NC3CCCCN(CC(=O)N(C)CCc4ccc([N+](=O)[O-])cc4)C3=O)NC#N)ccc2o1. The van der Waals surface area contributed by atoms with Crippen molar-refractivity contribution in [3.63, 3.8) is 0 Å². The number of carbonyl (C=O) groups is 2. The first-order valence-electron chi connectivity index (χ1n) is 13.0. The van der Waals surface area contributed by atoms with Crippen molar-refractivity contribution < 1.29 is 18.9 Å². The van der Waals surface area contributed by atoms with Gasteiger partial charge in [0.05, 0.1) is 11.5 Å². The summed E-state index contributed by atoms with van der Waals surface area (Å²) in [5.41, 5.74) is 2.31. The number of nitro benzene ring substituents is 1. The minimum atomic E-state index is -0.746. The molecule has 0 bridgehead atoms. The molecule has 1 aliphatic rings. The Labute approximate surface area is 231 Å². The fourth-order valence-electron chi connectivity index (χ4n) is 4.55. The van der Waals surface area contributed by atoms with Crippen molar-refractivity contribution >= 4 is 40.1 Å². The number of furan rings is 1. The number of hydrogen-bond donors (Lipinski definition) is 2. The Bertz CT molecular complexity index is 1460. The molecule has 3 aromatic rings. The quantitative estimate of drug-likeness (QED) is 0.109. The van der Waals surface area contributed by atoms with Crippen LogP contribution >= 0.6 is 0 Å². The molecule has 12 heteroatoms. The second-order valence-electron chi connectivity index (χ2n) is 9.71. The molecule has 2 heterocycles. The molecular formula is C28H31N7O5. The Balaban J connectivity index is 1.39. The van der Waals surface area contributed by atoms with Crippen molar-refractivity contribution in [2.24, 2.45) is 4.99 Å². The molecule has 208 valence electrons. The maximum atomic E-state index is 13.4. The minimum absolute atomic E-state index is 0.0162. The van der Waals surface area contributed by atoms with Crippen molar-refractivity contribution in [3.05, 3.63) is 70.0 Å². The Kier molecular flexibility index (Phi) is 8.96. The molecule has 0 aliphatic carbocycles. The summed E-state index contributed by atoms with van der Waals surface area (Å²) < 4.78 is 5.61. The van der Waals surface area contributed by atoms with Crippen molar-refractivity contribution in [2.75, 3.05) is 32.0 Å². The van der Waals surface area contributed by atoms with Gasteiger partial charge in [0.1, 0.15) is 17.4 Å². The van der Waals surface area contributed by atoms with Crippen LogP contribution in [-0.2, 0) is 16.0 Å². The summed E-state index contributed by atoms with van der Waals surface area (Å²) in [7, 11) is 1.67. The minimum Gasteiger partial charge on any atom is -0.461 e. The highest BCUT2D eigenvalue weighted by Gasteiger charge is 2.29. The number of nitrogens with one attached hydrogen (secondary N) is 2. The number of benzene rings is 2. The fourth-order valence-corrected chi connectivity index (χ4v) is 4.55. The van der Waals surface area contributed by atoms with Gasteiger partial charge in [-0.2, -0.15) is 5.26 Å². The molecule has 0 radical (unpaired) electrons. The number of aliphatic imine (C=N–C) groups is 1. The number of anilines is 1. The molecule has 2 aromatic carbocycles. The topological polar surface area (TPSA) is 157 Å². The first-order valence-corrected chi connectivity index (χ1v) is 13.0. The fraction of sp³-hybridized carbons (Fsp3) is 0.357. The van der Waals surface area contributed by atoms with Crippen LogP contribution in [0, 0.1) is 28.5 Å². The van der Waals surface area contributed by atoms with Gasteiger partial charge in [0.25, 0.3) is 5.69 Å². The molecule has 40 heavy (non-hydrogen) atoms. The van der Waals surface area contributed by atoms with Gasteiger partial charge in [-0.3, -0.25) is 25.0 Å². The molecule has 4 rings (SSSR count). The van der Waals surface area contributed by atoms with E-state index in [2.05, 4.69) is 15.6 Å². The number of carbonyl (C=O) groups excluding carboxylic acids is 2. The number of guanidine groups is 1. The van der Waals surface area contributed by atoms with Crippen molar-refractivity contribution in [2.45, 2.75) is 38.6 Å². The number of fused-ring (bicyclic) bond motifs is 1. The summed E-state index contributed by atoms with van der Waals surface area (Å²) in [5.74, 6) is 0.451. The van der Waals surface area contributed by atoms with Crippen LogP contribution in [0.1, 0.15) is 30.6 Å². The highest BCUT2D eigenvalue weighted by Crippen LogP contribution is 2.23. The van der Waals surface area contributed by atoms with Gasteiger partial charge in [-0.15, -0.1) is 0 Å². The van der Waals surface area contributed by atoms with Gasteiger partial charge in [0.2, 0.25) is 17.8 Å². The van der Waals surface area contributed by atoms with E-state index in [0.717, 1.165) is 35.1 Å². The first kappa shape index (κ1) is 28.1. The Morgan fingerprint density at radius 1 is 1.25 bits per heavy atom. The number of non-ortho nitro benzene ring substituents is 1. The van der Waals surface area contributed by atoms with Crippen LogP contribution < -0.4 is 10.6 Å². The van der Waals surface area contributed by atoms with Gasteiger partial charge in [0, 0.05) is 43.3 Å². The van der Waals surface area contributed by atoms with E-state index in [9.17, 15) is 25.0 Å². The third-order valence-electron chi connectivity index (χ3n) is 6.75. The lowest BCUT2D eigenvalue weighted by atomic mass is 10.1. The summed E-state index contributed by atoms with van der Waals surface area (Å²) in [6.45, 7) is 2.63. The third kappa shape index (κ3) is 7.13. The number of nitriles is 1. The molecule has 1 fully saturated rings. The van der Waals surface area contributed by atoms with E-state index < -0.39 is 11.0 Å². The predicted octanol–water partition coefficient (Wildman–Crippen LogP) is 3.57. The Morgan fingerprint density at radius 2 is 2.02 bits per heavy atom. The molecule has 0 saturated carbocycles. The monoisotopic (exact) mass is 545 g/mol. The lowest BCUT2D eigenvalue weighted by Gasteiger charge is -2.25. The smallest absolute Gasteiger partial charge is 0.269 e. The predicted molar refractivity (Wildman–Crippen MR) is 149 cm³/mol. The van der Waals surface area contributed by atoms with Gasteiger partial charge < -0.3 is 19.5 Å². The number of likely N-dealkylation sites (tertiary alicyclic amines) is 1. The zero-order valence-corrected chi connectivity index (χ0v) is 22.4. The van der Waals surface area contributed by atoms with Gasteiger partial charge in [-0.25, -0.2) is 4.99 Å². The lowest BCUT2D eigenvalue weighted by Crippen LogP contribution is -2.45. The zero-order valence-electron chi connectivity index (χ0n) is 22.4. The van der Waals surface area contributed by atoms with Crippen LogP contribution in [0.25, 0.3) is 11.0 Å². The van der Waals surface area contributed by atoms with Crippen molar-refractivity contribution in [1.82, 2.24) is 15.1 Å². The number of amides is 2.